The van der Waals surface area contributed by atoms with E-state index in [1.54, 1.807) is 0 Å². The molecule has 7 nitrogen and oxygen atoms in total. The molecule has 1 heterocycles. The molecule has 0 aliphatic rings. The van der Waals surface area contributed by atoms with Crippen molar-refractivity contribution in [1.82, 2.24) is 0 Å². The number of hydrogen-bond acceptors (Lipinski definition) is 8. The second-order valence-corrected chi connectivity index (χ2v) is 5.39. The molecule has 8 heteroatoms. The van der Waals surface area contributed by atoms with Crippen molar-refractivity contribution in [2.24, 2.45) is 0 Å². The van der Waals surface area contributed by atoms with E-state index in [0.29, 0.717) is 0 Å². The number of fused-ring (bicyclic) bond motifs is 2. The van der Waals surface area contributed by atoms with Crippen molar-refractivity contribution in [1.29, 1.82) is 0 Å². The van der Waals surface area contributed by atoms with E-state index >= 15 is 0 Å². The van der Waals surface area contributed by atoms with Crippen LogP contribution in [0.5, 0.6) is 34.5 Å². The first-order chi connectivity index (χ1) is 9.82. The molecule has 0 aliphatic heterocycles. The van der Waals surface area contributed by atoms with Gasteiger partial charge in [0.1, 0.15) is 0 Å². The lowest BCUT2D eigenvalue weighted by molar-refractivity contribution is 0.371. The third-order valence-corrected chi connectivity index (χ3v) is 4.34. The fourth-order valence-corrected chi connectivity index (χ4v) is 3.16. The zero-order chi connectivity index (χ0) is 15.5. The van der Waals surface area contributed by atoms with Crippen LogP contribution < -0.4 is 5.43 Å². The van der Waals surface area contributed by atoms with Crippen molar-refractivity contribution >= 4 is 31.5 Å². The number of phenolic OH excluding ortho intramolecular Hbond substituents is 6. The number of rotatable bonds is 0. The van der Waals surface area contributed by atoms with E-state index in [9.17, 15) is 35.4 Å². The second kappa shape index (κ2) is 4.06. The Morgan fingerprint density at radius 3 is 1.43 bits per heavy atom. The molecule has 0 saturated carbocycles. The second-order valence-electron chi connectivity index (χ2n) is 4.37. The van der Waals surface area contributed by atoms with Gasteiger partial charge in [0.15, 0.2) is 28.4 Å². The Labute approximate surface area is 119 Å². The van der Waals surface area contributed by atoms with Gasteiger partial charge in [0.05, 0.1) is 9.40 Å². The van der Waals surface area contributed by atoms with Crippen molar-refractivity contribution < 1.29 is 30.6 Å². The van der Waals surface area contributed by atoms with Crippen LogP contribution in [0.2, 0.25) is 0 Å². The summed E-state index contributed by atoms with van der Waals surface area (Å²) in [6.45, 7) is 0. The van der Waals surface area contributed by atoms with Crippen LogP contribution in [0.4, 0.5) is 0 Å². The topological polar surface area (TPSA) is 138 Å². The Morgan fingerprint density at radius 2 is 1.05 bits per heavy atom. The molecule has 0 spiro atoms. The average Bonchev–Trinajstić information content (AvgIpc) is 2.45. The van der Waals surface area contributed by atoms with Crippen LogP contribution in [0.15, 0.2) is 16.9 Å². The van der Waals surface area contributed by atoms with Crippen molar-refractivity contribution in [2.75, 3.05) is 0 Å². The van der Waals surface area contributed by atoms with Crippen LogP contribution in [-0.4, -0.2) is 30.6 Å². The average molecular weight is 308 g/mol. The van der Waals surface area contributed by atoms with Crippen LogP contribution in [-0.2, 0) is 0 Å². The Hall–Kier alpha value is -2.87. The zero-order valence-corrected chi connectivity index (χ0v) is 11.0. The van der Waals surface area contributed by atoms with Crippen molar-refractivity contribution in [2.45, 2.75) is 0 Å². The summed E-state index contributed by atoms with van der Waals surface area (Å²) in [4.78, 5) is 12.3. The van der Waals surface area contributed by atoms with E-state index in [4.69, 9.17) is 0 Å². The minimum atomic E-state index is -0.792. The van der Waals surface area contributed by atoms with Crippen LogP contribution >= 0.6 is 11.3 Å². The number of phenols is 6. The molecule has 0 bridgehead atoms. The van der Waals surface area contributed by atoms with Crippen molar-refractivity contribution in [3.05, 3.63) is 22.4 Å². The van der Waals surface area contributed by atoms with Crippen LogP contribution in [0, 0.1) is 0 Å². The summed E-state index contributed by atoms with van der Waals surface area (Å²) in [6.07, 6.45) is 0. The van der Waals surface area contributed by atoms with Crippen molar-refractivity contribution in [3.8, 4) is 34.5 Å². The fraction of sp³-hybridized carbons (Fsp3) is 0. The Balaban J connectivity index is 2.66. The molecule has 6 N–H and O–H groups in total. The van der Waals surface area contributed by atoms with Crippen LogP contribution in [0.25, 0.3) is 20.2 Å². The first-order valence-electron chi connectivity index (χ1n) is 5.61. The van der Waals surface area contributed by atoms with Gasteiger partial charge in [-0.2, -0.15) is 0 Å². The maximum atomic E-state index is 12.3. The van der Waals surface area contributed by atoms with Crippen LogP contribution in [0.1, 0.15) is 0 Å². The summed E-state index contributed by atoms with van der Waals surface area (Å²) in [7, 11) is 0. The lowest BCUT2D eigenvalue weighted by Crippen LogP contribution is -2.01. The van der Waals surface area contributed by atoms with E-state index in [2.05, 4.69) is 0 Å². The van der Waals surface area contributed by atoms with Gasteiger partial charge >= 0.3 is 0 Å². The summed E-state index contributed by atoms with van der Waals surface area (Å²) in [5.41, 5.74) is -0.685. The molecule has 1 aromatic heterocycles. The molecule has 3 aromatic rings. The van der Waals surface area contributed by atoms with Gasteiger partial charge in [-0.25, -0.2) is 0 Å². The monoisotopic (exact) mass is 308 g/mol. The molecule has 2 aromatic carbocycles. The predicted molar refractivity (Wildman–Crippen MR) is 75.6 cm³/mol. The smallest absolute Gasteiger partial charge is 0.201 e. The molecule has 0 atom stereocenters. The lowest BCUT2D eigenvalue weighted by atomic mass is 10.1. The Kier molecular flexibility index (Phi) is 2.54. The highest BCUT2D eigenvalue weighted by Gasteiger charge is 2.20. The van der Waals surface area contributed by atoms with Gasteiger partial charge in [0, 0.05) is 10.8 Å². The van der Waals surface area contributed by atoms with E-state index in [1.165, 1.54) is 0 Å². The number of aromatic hydroxyl groups is 6. The summed E-state index contributed by atoms with van der Waals surface area (Å²) >= 11 is 0.722. The minimum absolute atomic E-state index is 0.0665. The first-order valence-corrected chi connectivity index (χ1v) is 6.43. The van der Waals surface area contributed by atoms with Gasteiger partial charge in [-0.3, -0.25) is 4.79 Å². The largest absolute Gasteiger partial charge is 0.504 e. The van der Waals surface area contributed by atoms with E-state index in [-0.39, 0.29) is 20.2 Å². The highest BCUT2D eigenvalue weighted by Crippen LogP contribution is 2.47. The van der Waals surface area contributed by atoms with Gasteiger partial charge in [0.2, 0.25) is 11.5 Å². The Bertz CT molecular complexity index is 899. The van der Waals surface area contributed by atoms with Crippen molar-refractivity contribution in [3.63, 3.8) is 0 Å². The van der Waals surface area contributed by atoms with Gasteiger partial charge in [-0.15, -0.1) is 11.3 Å². The molecule has 0 aliphatic carbocycles. The van der Waals surface area contributed by atoms with E-state index in [0.717, 1.165) is 23.5 Å². The third kappa shape index (κ3) is 1.62. The molecule has 0 unspecified atom stereocenters. The molecule has 3 rings (SSSR count). The quantitative estimate of drug-likeness (QED) is 0.274. The van der Waals surface area contributed by atoms with Gasteiger partial charge < -0.3 is 30.6 Å². The number of hydrogen-bond donors (Lipinski definition) is 6. The zero-order valence-electron chi connectivity index (χ0n) is 10.2. The summed E-state index contributed by atoms with van der Waals surface area (Å²) < 4.78 is -0.133. The standard InChI is InChI=1S/C13H8O7S/c14-5-1-3-7(16)4-2-6(15)9(18)11(20)13(4)21-12(3)10(19)8(5)17/h1-2,14-15,17-20H. The molecule has 0 saturated heterocycles. The Morgan fingerprint density at radius 1 is 0.667 bits per heavy atom. The van der Waals surface area contributed by atoms with Gasteiger partial charge in [0.25, 0.3) is 0 Å². The molecule has 0 fully saturated rings. The molecule has 0 radical (unpaired) electrons. The highest BCUT2D eigenvalue weighted by atomic mass is 32.1. The minimum Gasteiger partial charge on any atom is -0.504 e. The molecule has 0 amide bonds. The SMILES string of the molecule is O=c1c2cc(O)c(O)c(O)c2sc2c(O)c(O)c(O)cc12. The molecular weight excluding hydrogens is 300 g/mol. The fourth-order valence-electron chi connectivity index (χ4n) is 2.05. The number of benzene rings is 2. The van der Waals surface area contributed by atoms with Crippen LogP contribution in [0.3, 0.4) is 0 Å². The normalized spacial score (nSPS) is 11.2. The summed E-state index contributed by atoms with van der Waals surface area (Å²) in [5, 5.41) is 57.3. The highest BCUT2D eigenvalue weighted by molar-refractivity contribution is 7.25. The molecule has 108 valence electrons. The predicted octanol–water partition coefficient (Wildman–Crippen LogP) is 1.65. The molecular formula is C13H8O7S. The maximum absolute atomic E-state index is 12.3. The summed E-state index contributed by atoms with van der Waals surface area (Å²) in [6, 6.07) is 1.95. The first kappa shape index (κ1) is 13.1. The van der Waals surface area contributed by atoms with E-state index < -0.39 is 39.9 Å². The maximum Gasteiger partial charge on any atom is 0.201 e. The summed E-state index contributed by atoms with van der Waals surface area (Å²) in [5.74, 6) is -4.34. The van der Waals surface area contributed by atoms with E-state index in [1.807, 2.05) is 0 Å². The third-order valence-electron chi connectivity index (χ3n) is 3.11. The van der Waals surface area contributed by atoms with Gasteiger partial charge in [-0.1, -0.05) is 0 Å². The molecule has 21 heavy (non-hydrogen) atoms. The van der Waals surface area contributed by atoms with Gasteiger partial charge in [-0.05, 0) is 12.1 Å². The lowest BCUT2D eigenvalue weighted by Gasteiger charge is -2.08.